The average Bonchev–Trinajstić information content (AvgIpc) is 3.02. The Morgan fingerprint density at radius 3 is 2.79 bits per heavy atom. The van der Waals surface area contributed by atoms with Crippen molar-refractivity contribution >= 4 is 22.9 Å². The van der Waals surface area contributed by atoms with Crippen LogP contribution in [0.1, 0.15) is 21.8 Å². The lowest BCUT2D eigenvalue weighted by molar-refractivity contribution is -0.115. The molecule has 1 aromatic heterocycles. The fourth-order valence-electron chi connectivity index (χ4n) is 2.32. The molecule has 118 valence electrons. The van der Waals surface area contributed by atoms with Crippen molar-refractivity contribution in [2.24, 2.45) is 0 Å². The zero-order valence-corrected chi connectivity index (χ0v) is 13.7. The van der Waals surface area contributed by atoms with Gasteiger partial charge in [0.2, 0.25) is 5.91 Å². The molecule has 2 aromatic carbocycles. The summed E-state index contributed by atoms with van der Waals surface area (Å²) in [5, 5.41) is 14.6. The van der Waals surface area contributed by atoms with E-state index >= 15 is 0 Å². The monoisotopic (exact) mass is 333 g/mol. The molecule has 3 rings (SSSR count). The molecule has 0 radical (unpaired) electrons. The van der Waals surface area contributed by atoms with Gasteiger partial charge in [-0.05, 0) is 23.8 Å². The summed E-state index contributed by atoms with van der Waals surface area (Å²) in [5.41, 5.74) is 3.11. The molecular weight excluding hydrogens is 318 g/mol. The van der Waals surface area contributed by atoms with Crippen LogP contribution in [-0.4, -0.2) is 10.9 Å². The van der Waals surface area contributed by atoms with Crippen molar-refractivity contribution in [1.82, 2.24) is 4.98 Å². The number of anilines is 1. The van der Waals surface area contributed by atoms with E-state index in [9.17, 15) is 4.79 Å². The lowest BCUT2D eigenvalue weighted by atomic mass is 10.2. The highest BCUT2D eigenvalue weighted by Gasteiger charge is 2.09. The molecule has 0 spiro atoms. The number of rotatable bonds is 5. The van der Waals surface area contributed by atoms with Crippen LogP contribution in [0.3, 0.4) is 0 Å². The van der Waals surface area contributed by atoms with Crippen LogP contribution in [-0.2, 0) is 17.6 Å². The summed E-state index contributed by atoms with van der Waals surface area (Å²) >= 11 is 1.56. The summed E-state index contributed by atoms with van der Waals surface area (Å²) in [6.07, 6.45) is 0.999. The Balaban J connectivity index is 1.60. The molecule has 0 aliphatic rings. The van der Waals surface area contributed by atoms with Crippen molar-refractivity contribution in [3.63, 3.8) is 0 Å². The Bertz CT molecular complexity index is 881. The fourth-order valence-corrected chi connectivity index (χ4v) is 3.15. The van der Waals surface area contributed by atoms with E-state index in [0.29, 0.717) is 11.3 Å². The number of benzene rings is 2. The smallest absolute Gasteiger partial charge is 0.230 e. The van der Waals surface area contributed by atoms with E-state index in [1.54, 1.807) is 35.6 Å². The van der Waals surface area contributed by atoms with Gasteiger partial charge in [-0.2, -0.15) is 5.26 Å². The van der Waals surface area contributed by atoms with Crippen LogP contribution in [0, 0.1) is 11.3 Å². The lowest BCUT2D eigenvalue weighted by Gasteiger charge is -2.04. The van der Waals surface area contributed by atoms with Crippen LogP contribution >= 0.6 is 11.3 Å². The van der Waals surface area contributed by atoms with Crippen molar-refractivity contribution in [3.8, 4) is 6.07 Å². The third-order valence-corrected chi connectivity index (χ3v) is 4.31. The number of nitrogens with zero attached hydrogens (tertiary/aromatic N) is 2. The molecule has 0 fully saturated rings. The summed E-state index contributed by atoms with van der Waals surface area (Å²) < 4.78 is 0. The summed E-state index contributed by atoms with van der Waals surface area (Å²) in [6.45, 7) is 0. The number of carbonyl (C=O) groups is 1. The first kappa shape index (κ1) is 15.9. The van der Waals surface area contributed by atoms with Gasteiger partial charge in [-0.1, -0.05) is 36.4 Å². The molecule has 1 N–H and O–H groups in total. The largest absolute Gasteiger partial charge is 0.326 e. The molecule has 0 saturated carbocycles. The van der Waals surface area contributed by atoms with Gasteiger partial charge in [0.15, 0.2) is 0 Å². The van der Waals surface area contributed by atoms with E-state index in [1.165, 1.54) is 5.56 Å². The first-order chi connectivity index (χ1) is 11.7. The van der Waals surface area contributed by atoms with Gasteiger partial charge in [0.25, 0.3) is 0 Å². The SMILES string of the molecule is N#Cc1cccc(NC(=O)Cc2csc(Cc3ccccc3)n2)c1. The number of hydrogen-bond donors (Lipinski definition) is 1. The first-order valence-electron chi connectivity index (χ1n) is 7.50. The maximum atomic E-state index is 12.1. The van der Waals surface area contributed by atoms with Crippen LogP contribution in [0.5, 0.6) is 0 Å². The predicted molar refractivity (Wildman–Crippen MR) is 94.9 cm³/mol. The van der Waals surface area contributed by atoms with Gasteiger partial charge < -0.3 is 5.32 Å². The van der Waals surface area contributed by atoms with E-state index in [4.69, 9.17) is 5.26 Å². The highest BCUT2D eigenvalue weighted by Crippen LogP contribution is 2.16. The zero-order valence-electron chi connectivity index (χ0n) is 12.9. The number of thiazole rings is 1. The lowest BCUT2D eigenvalue weighted by Crippen LogP contribution is -2.14. The molecule has 0 unspecified atom stereocenters. The summed E-state index contributed by atoms with van der Waals surface area (Å²) in [5.74, 6) is -0.137. The molecule has 24 heavy (non-hydrogen) atoms. The first-order valence-corrected chi connectivity index (χ1v) is 8.38. The fraction of sp³-hybridized carbons (Fsp3) is 0.105. The predicted octanol–water partition coefficient (Wildman–Crippen LogP) is 3.79. The molecule has 3 aromatic rings. The second-order valence-corrected chi connectivity index (χ2v) is 6.26. The van der Waals surface area contributed by atoms with E-state index < -0.39 is 0 Å². The molecule has 0 aliphatic carbocycles. The Labute approximate surface area is 144 Å². The second kappa shape index (κ2) is 7.53. The topological polar surface area (TPSA) is 65.8 Å². The minimum atomic E-state index is -0.137. The average molecular weight is 333 g/mol. The van der Waals surface area contributed by atoms with Crippen molar-refractivity contribution in [2.75, 3.05) is 5.32 Å². The van der Waals surface area contributed by atoms with Crippen LogP contribution in [0.2, 0.25) is 0 Å². The van der Waals surface area contributed by atoms with Gasteiger partial charge in [0.05, 0.1) is 28.8 Å². The maximum Gasteiger partial charge on any atom is 0.230 e. The van der Waals surface area contributed by atoms with Gasteiger partial charge in [0.1, 0.15) is 0 Å². The summed E-state index contributed by atoms with van der Waals surface area (Å²) in [6, 6.07) is 19.0. The van der Waals surface area contributed by atoms with E-state index in [-0.39, 0.29) is 12.3 Å². The van der Waals surface area contributed by atoms with Crippen molar-refractivity contribution in [2.45, 2.75) is 12.8 Å². The Kier molecular flexibility index (Phi) is 4.99. The number of nitriles is 1. The minimum absolute atomic E-state index is 0.137. The Morgan fingerprint density at radius 2 is 2.00 bits per heavy atom. The highest BCUT2D eigenvalue weighted by atomic mass is 32.1. The highest BCUT2D eigenvalue weighted by molar-refractivity contribution is 7.09. The normalized spacial score (nSPS) is 10.1. The van der Waals surface area contributed by atoms with Gasteiger partial charge in [-0.15, -0.1) is 11.3 Å². The zero-order chi connectivity index (χ0) is 16.8. The van der Waals surface area contributed by atoms with Crippen LogP contribution in [0.4, 0.5) is 5.69 Å². The summed E-state index contributed by atoms with van der Waals surface area (Å²) in [4.78, 5) is 16.6. The molecule has 5 heteroatoms. The quantitative estimate of drug-likeness (QED) is 0.772. The molecule has 0 atom stereocenters. The van der Waals surface area contributed by atoms with E-state index in [2.05, 4.69) is 28.5 Å². The van der Waals surface area contributed by atoms with Gasteiger partial charge in [0, 0.05) is 17.5 Å². The standard InChI is InChI=1S/C19H15N3OS/c20-12-15-7-4-8-16(9-15)21-18(23)11-17-13-24-19(22-17)10-14-5-2-1-3-6-14/h1-9,13H,10-11H2,(H,21,23). The van der Waals surface area contributed by atoms with Crippen molar-refractivity contribution < 1.29 is 4.79 Å². The maximum absolute atomic E-state index is 12.1. The number of hydrogen-bond acceptors (Lipinski definition) is 4. The van der Waals surface area contributed by atoms with Gasteiger partial charge in [-0.25, -0.2) is 4.98 Å². The second-order valence-electron chi connectivity index (χ2n) is 5.31. The van der Waals surface area contributed by atoms with Crippen LogP contribution in [0.25, 0.3) is 0 Å². The minimum Gasteiger partial charge on any atom is -0.326 e. The molecule has 4 nitrogen and oxygen atoms in total. The molecule has 0 aliphatic heterocycles. The third kappa shape index (κ3) is 4.28. The Morgan fingerprint density at radius 1 is 1.17 bits per heavy atom. The molecular formula is C19H15N3OS. The molecule has 0 bridgehead atoms. The van der Waals surface area contributed by atoms with Gasteiger partial charge >= 0.3 is 0 Å². The molecule has 1 heterocycles. The van der Waals surface area contributed by atoms with E-state index in [0.717, 1.165) is 17.1 Å². The number of carbonyl (C=O) groups excluding carboxylic acids is 1. The van der Waals surface area contributed by atoms with Crippen molar-refractivity contribution in [1.29, 1.82) is 5.26 Å². The number of nitrogens with one attached hydrogen (secondary N) is 1. The molecule has 0 saturated heterocycles. The van der Waals surface area contributed by atoms with Crippen LogP contribution in [0.15, 0.2) is 60.0 Å². The van der Waals surface area contributed by atoms with Crippen LogP contribution < -0.4 is 5.32 Å². The number of aromatic nitrogens is 1. The number of amides is 1. The third-order valence-electron chi connectivity index (χ3n) is 3.41. The summed E-state index contributed by atoms with van der Waals surface area (Å²) in [7, 11) is 0. The van der Waals surface area contributed by atoms with Crippen molar-refractivity contribution in [3.05, 3.63) is 81.8 Å². The molecule has 1 amide bonds. The Hall–Kier alpha value is -2.97. The van der Waals surface area contributed by atoms with E-state index in [1.807, 2.05) is 23.6 Å². The van der Waals surface area contributed by atoms with Gasteiger partial charge in [-0.3, -0.25) is 4.79 Å².